The van der Waals surface area contributed by atoms with E-state index in [0.29, 0.717) is 11.4 Å². The molecule has 29 heavy (non-hydrogen) atoms. The average Bonchev–Trinajstić information content (AvgIpc) is 2.76. The number of anilines is 2. The molecule has 6 heteroatoms. The predicted molar refractivity (Wildman–Crippen MR) is 116 cm³/mol. The molecule has 1 aliphatic rings. The summed E-state index contributed by atoms with van der Waals surface area (Å²) in [4.78, 5) is 19.6. The summed E-state index contributed by atoms with van der Waals surface area (Å²) in [5.41, 5.74) is 1.93. The first-order valence-electron chi connectivity index (χ1n) is 10.0. The Morgan fingerprint density at radius 2 is 1.93 bits per heavy atom. The number of halogens is 2. The van der Waals surface area contributed by atoms with Gasteiger partial charge in [0.1, 0.15) is 5.82 Å². The zero-order valence-electron chi connectivity index (χ0n) is 16.3. The van der Waals surface area contributed by atoms with Crippen molar-refractivity contribution in [1.29, 1.82) is 0 Å². The number of fused-ring (bicyclic) bond motifs is 1. The topological polar surface area (TPSA) is 45.2 Å². The van der Waals surface area contributed by atoms with Crippen LogP contribution in [0.15, 0.2) is 42.6 Å². The van der Waals surface area contributed by atoms with E-state index in [1.165, 1.54) is 6.07 Å². The van der Waals surface area contributed by atoms with Crippen LogP contribution in [0.1, 0.15) is 42.1 Å². The standard InChI is InChI=1S/C23H23ClFN3O/c1-2-15-8-6-9-16-20(15)17(23(29)28-12-4-3-5-13-28)14-26-22(16)27-19-11-7-10-18(24)21(19)25/h6-11,14H,2-5,12-13H2,1H3,(H,26,27). The van der Waals surface area contributed by atoms with E-state index in [0.717, 1.165) is 55.1 Å². The molecule has 1 aliphatic heterocycles. The number of aromatic nitrogens is 1. The molecule has 1 fully saturated rings. The maximum atomic E-state index is 14.4. The van der Waals surface area contributed by atoms with E-state index in [1.54, 1.807) is 18.3 Å². The van der Waals surface area contributed by atoms with Crippen LogP contribution in [-0.4, -0.2) is 28.9 Å². The molecule has 0 saturated carbocycles. The minimum absolute atomic E-state index is 0.0172. The number of hydrogen-bond acceptors (Lipinski definition) is 3. The van der Waals surface area contributed by atoms with Crippen molar-refractivity contribution < 1.29 is 9.18 Å². The van der Waals surface area contributed by atoms with Gasteiger partial charge >= 0.3 is 0 Å². The molecular formula is C23H23ClFN3O. The molecule has 0 unspecified atom stereocenters. The van der Waals surface area contributed by atoms with Gasteiger partial charge in [-0.05, 0) is 43.4 Å². The molecule has 1 saturated heterocycles. The average molecular weight is 412 g/mol. The number of likely N-dealkylation sites (tertiary alicyclic amines) is 1. The summed E-state index contributed by atoms with van der Waals surface area (Å²) in [5, 5.41) is 4.78. The van der Waals surface area contributed by atoms with Crippen LogP contribution in [0, 0.1) is 5.82 Å². The van der Waals surface area contributed by atoms with Crippen LogP contribution in [0.2, 0.25) is 5.02 Å². The lowest BCUT2D eigenvalue weighted by Gasteiger charge is -2.27. The third kappa shape index (κ3) is 3.79. The Balaban J connectivity index is 1.82. The van der Waals surface area contributed by atoms with E-state index < -0.39 is 5.82 Å². The molecule has 1 N–H and O–H groups in total. The zero-order valence-corrected chi connectivity index (χ0v) is 17.1. The van der Waals surface area contributed by atoms with Gasteiger partial charge in [0.2, 0.25) is 0 Å². The summed E-state index contributed by atoms with van der Waals surface area (Å²) in [6.45, 7) is 3.62. The molecule has 0 atom stereocenters. The minimum Gasteiger partial charge on any atom is -0.339 e. The molecule has 0 spiro atoms. The quantitative estimate of drug-likeness (QED) is 0.576. The maximum absolute atomic E-state index is 14.4. The number of carbonyl (C=O) groups excluding carboxylic acids is 1. The number of hydrogen-bond donors (Lipinski definition) is 1. The summed E-state index contributed by atoms with van der Waals surface area (Å²) < 4.78 is 14.4. The van der Waals surface area contributed by atoms with Gasteiger partial charge in [-0.25, -0.2) is 9.37 Å². The first-order valence-corrected chi connectivity index (χ1v) is 10.4. The summed E-state index contributed by atoms with van der Waals surface area (Å²) in [5.74, 6) is -0.000482. The van der Waals surface area contributed by atoms with Gasteiger partial charge in [0, 0.05) is 30.1 Å². The zero-order chi connectivity index (χ0) is 20.4. The van der Waals surface area contributed by atoms with E-state index in [-0.39, 0.29) is 16.6 Å². The number of piperidine rings is 1. The van der Waals surface area contributed by atoms with E-state index in [2.05, 4.69) is 17.2 Å². The summed E-state index contributed by atoms with van der Waals surface area (Å²) in [7, 11) is 0. The molecule has 4 rings (SSSR count). The molecule has 0 bridgehead atoms. The van der Waals surface area contributed by atoms with Gasteiger partial charge in [-0.1, -0.05) is 42.8 Å². The van der Waals surface area contributed by atoms with Crippen molar-refractivity contribution in [3.63, 3.8) is 0 Å². The number of pyridine rings is 1. The summed E-state index contributed by atoms with van der Waals surface area (Å²) >= 11 is 5.91. The lowest BCUT2D eigenvalue weighted by atomic mass is 9.98. The maximum Gasteiger partial charge on any atom is 0.256 e. The monoisotopic (exact) mass is 411 g/mol. The fraction of sp³-hybridized carbons (Fsp3) is 0.304. The molecule has 1 aromatic heterocycles. The van der Waals surface area contributed by atoms with Crippen molar-refractivity contribution in [3.8, 4) is 0 Å². The van der Waals surface area contributed by atoms with Crippen LogP contribution in [0.4, 0.5) is 15.9 Å². The van der Waals surface area contributed by atoms with E-state index in [4.69, 9.17) is 11.6 Å². The Morgan fingerprint density at radius 1 is 1.17 bits per heavy atom. The Labute approximate surface area is 174 Å². The van der Waals surface area contributed by atoms with Gasteiger partial charge in [-0.2, -0.15) is 0 Å². The number of amides is 1. The van der Waals surface area contributed by atoms with Crippen LogP contribution < -0.4 is 5.32 Å². The number of aryl methyl sites for hydroxylation is 1. The highest BCUT2D eigenvalue weighted by molar-refractivity contribution is 6.31. The minimum atomic E-state index is -0.524. The third-order valence-electron chi connectivity index (χ3n) is 5.46. The highest BCUT2D eigenvalue weighted by Gasteiger charge is 2.23. The number of rotatable bonds is 4. The van der Waals surface area contributed by atoms with Crippen molar-refractivity contribution in [3.05, 3.63) is 64.6 Å². The molecule has 3 aromatic rings. The predicted octanol–water partition coefficient (Wildman–Crippen LogP) is 5.96. The second-order valence-corrected chi connectivity index (χ2v) is 7.70. The van der Waals surface area contributed by atoms with Gasteiger partial charge in [0.05, 0.1) is 16.3 Å². The highest BCUT2D eigenvalue weighted by atomic mass is 35.5. The molecule has 0 aliphatic carbocycles. The van der Waals surface area contributed by atoms with Crippen molar-refractivity contribution in [2.24, 2.45) is 0 Å². The SMILES string of the molecule is CCc1cccc2c(Nc3cccc(Cl)c3F)ncc(C(=O)N3CCCCC3)c12. The molecule has 1 amide bonds. The normalized spacial score (nSPS) is 14.2. The molecule has 2 aromatic carbocycles. The lowest BCUT2D eigenvalue weighted by Crippen LogP contribution is -2.35. The van der Waals surface area contributed by atoms with Crippen molar-refractivity contribution in [1.82, 2.24) is 9.88 Å². The van der Waals surface area contributed by atoms with E-state index in [1.807, 2.05) is 23.1 Å². The molecule has 150 valence electrons. The van der Waals surface area contributed by atoms with Crippen LogP contribution >= 0.6 is 11.6 Å². The van der Waals surface area contributed by atoms with Gasteiger partial charge in [0.25, 0.3) is 5.91 Å². The Kier molecular flexibility index (Phi) is 5.67. The number of nitrogens with one attached hydrogen (secondary N) is 1. The van der Waals surface area contributed by atoms with Crippen LogP contribution in [0.5, 0.6) is 0 Å². The molecule has 2 heterocycles. The van der Waals surface area contributed by atoms with Gasteiger partial charge in [0.15, 0.2) is 5.82 Å². The second-order valence-electron chi connectivity index (χ2n) is 7.29. The first-order chi connectivity index (χ1) is 14.1. The van der Waals surface area contributed by atoms with Crippen molar-refractivity contribution in [2.75, 3.05) is 18.4 Å². The van der Waals surface area contributed by atoms with Crippen LogP contribution in [0.3, 0.4) is 0 Å². The lowest BCUT2D eigenvalue weighted by molar-refractivity contribution is 0.0726. The van der Waals surface area contributed by atoms with Crippen LogP contribution in [-0.2, 0) is 6.42 Å². The number of benzene rings is 2. The highest BCUT2D eigenvalue weighted by Crippen LogP contribution is 2.32. The third-order valence-corrected chi connectivity index (χ3v) is 5.75. The Hall–Kier alpha value is -2.66. The summed E-state index contributed by atoms with van der Waals surface area (Å²) in [6, 6.07) is 10.7. The summed E-state index contributed by atoms with van der Waals surface area (Å²) in [6.07, 6.45) is 5.63. The van der Waals surface area contributed by atoms with E-state index >= 15 is 0 Å². The molecule has 0 radical (unpaired) electrons. The smallest absolute Gasteiger partial charge is 0.256 e. The fourth-order valence-electron chi connectivity index (χ4n) is 3.93. The first kappa shape index (κ1) is 19.6. The van der Waals surface area contributed by atoms with Crippen molar-refractivity contribution >= 4 is 39.8 Å². The second kappa shape index (κ2) is 8.37. The largest absolute Gasteiger partial charge is 0.339 e. The Bertz CT molecular complexity index is 1060. The fourth-order valence-corrected chi connectivity index (χ4v) is 4.10. The molecule has 4 nitrogen and oxygen atoms in total. The number of nitrogens with zero attached hydrogens (tertiary/aromatic N) is 2. The van der Waals surface area contributed by atoms with Crippen LogP contribution in [0.25, 0.3) is 10.8 Å². The van der Waals surface area contributed by atoms with Gasteiger partial charge < -0.3 is 10.2 Å². The van der Waals surface area contributed by atoms with Crippen molar-refractivity contribution in [2.45, 2.75) is 32.6 Å². The van der Waals surface area contributed by atoms with E-state index in [9.17, 15) is 9.18 Å². The van der Waals surface area contributed by atoms with Gasteiger partial charge in [-0.3, -0.25) is 4.79 Å². The Morgan fingerprint density at radius 3 is 2.69 bits per heavy atom. The van der Waals surface area contributed by atoms with Gasteiger partial charge in [-0.15, -0.1) is 0 Å². The molecular weight excluding hydrogens is 389 g/mol. The number of carbonyl (C=O) groups is 1.